The molecule has 0 aliphatic carbocycles. The third kappa shape index (κ3) is 1.82. The van der Waals surface area contributed by atoms with E-state index in [0.29, 0.717) is 17.8 Å². The number of ether oxygens (including phenoxy) is 1. The topological polar surface area (TPSA) is 61.0 Å². The van der Waals surface area contributed by atoms with Gasteiger partial charge in [-0.3, -0.25) is 4.98 Å². The second kappa shape index (κ2) is 4.35. The zero-order chi connectivity index (χ0) is 13.8. The summed E-state index contributed by atoms with van der Waals surface area (Å²) in [4.78, 5) is 9.01. The molecule has 0 N–H and O–H groups in total. The maximum Gasteiger partial charge on any atom is 0.232 e. The van der Waals surface area contributed by atoms with Gasteiger partial charge in [0.1, 0.15) is 0 Å². The summed E-state index contributed by atoms with van der Waals surface area (Å²) in [5.74, 6) is 1.60. The fourth-order valence-electron chi connectivity index (χ4n) is 3.37. The Morgan fingerprint density at radius 2 is 2.29 bits per heavy atom. The van der Waals surface area contributed by atoms with Gasteiger partial charge in [-0.1, -0.05) is 5.16 Å². The van der Waals surface area contributed by atoms with E-state index in [1.54, 1.807) is 17.5 Å². The van der Waals surface area contributed by atoms with Crippen LogP contribution >= 0.6 is 11.3 Å². The minimum Gasteiger partial charge on any atom is -0.374 e. The van der Waals surface area contributed by atoms with Crippen molar-refractivity contribution in [1.82, 2.24) is 15.1 Å². The van der Waals surface area contributed by atoms with Crippen LogP contribution in [0.4, 0.5) is 0 Å². The average molecular weight is 299 g/mol. The van der Waals surface area contributed by atoms with E-state index in [1.807, 2.05) is 11.4 Å². The Labute approximate surface area is 125 Å². The fraction of sp³-hybridized carbons (Fsp3) is 0.400. The summed E-state index contributed by atoms with van der Waals surface area (Å²) in [6.07, 6.45) is 5.74. The van der Waals surface area contributed by atoms with Crippen molar-refractivity contribution in [2.45, 2.75) is 37.4 Å². The molecule has 106 valence electrons. The van der Waals surface area contributed by atoms with Crippen LogP contribution in [0.5, 0.6) is 0 Å². The summed E-state index contributed by atoms with van der Waals surface area (Å²) in [6.45, 7) is 0. The van der Waals surface area contributed by atoms with E-state index in [0.717, 1.165) is 28.6 Å². The first kappa shape index (κ1) is 11.8. The van der Waals surface area contributed by atoms with Crippen LogP contribution in [0.3, 0.4) is 0 Å². The molecule has 0 saturated carbocycles. The van der Waals surface area contributed by atoms with Crippen LogP contribution in [0, 0.1) is 0 Å². The summed E-state index contributed by atoms with van der Waals surface area (Å²) in [7, 11) is 0. The van der Waals surface area contributed by atoms with Crippen LogP contribution in [0.25, 0.3) is 21.6 Å². The number of rotatable bonds is 2. The van der Waals surface area contributed by atoms with Crippen LogP contribution in [0.2, 0.25) is 0 Å². The second-order valence-electron chi connectivity index (χ2n) is 5.70. The highest BCUT2D eigenvalue weighted by Crippen LogP contribution is 2.44. The lowest BCUT2D eigenvalue weighted by Gasteiger charge is -2.13. The molecule has 0 unspecified atom stereocenters. The van der Waals surface area contributed by atoms with Gasteiger partial charge in [-0.15, -0.1) is 11.3 Å². The molecule has 2 aliphatic rings. The van der Waals surface area contributed by atoms with E-state index in [1.165, 1.54) is 6.42 Å². The van der Waals surface area contributed by atoms with Crippen molar-refractivity contribution in [2.24, 2.45) is 0 Å². The average Bonchev–Trinajstić information content (AvgIpc) is 3.27. The van der Waals surface area contributed by atoms with Gasteiger partial charge in [0.05, 0.1) is 28.3 Å². The normalized spacial score (nSPS) is 27.7. The first-order valence-corrected chi connectivity index (χ1v) is 8.07. The smallest absolute Gasteiger partial charge is 0.232 e. The van der Waals surface area contributed by atoms with Crippen molar-refractivity contribution in [3.63, 3.8) is 0 Å². The molecule has 0 aromatic carbocycles. The molecule has 3 atom stereocenters. The molecule has 0 spiro atoms. The molecule has 5 heterocycles. The van der Waals surface area contributed by atoms with Crippen molar-refractivity contribution in [3.8, 4) is 11.4 Å². The van der Waals surface area contributed by atoms with Gasteiger partial charge in [-0.2, -0.15) is 4.98 Å². The third-order valence-corrected chi connectivity index (χ3v) is 5.28. The molecule has 5 rings (SSSR count). The lowest BCUT2D eigenvalue weighted by molar-refractivity contribution is 0.0974. The lowest BCUT2D eigenvalue weighted by atomic mass is 9.89. The number of fused-ring (bicyclic) bond motifs is 3. The van der Waals surface area contributed by atoms with Crippen molar-refractivity contribution in [3.05, 3.63) is 29.6 Å². The summed E-state index contributed by atoms with van der Waals surface area (Å²) in [5.41, 5.74) is 1.91. The van der Waals surface area contributed by atoms with Gasteiger partial charge in [0.25, 0.3) is 0 Å². The predicted molar refractivity (Wildman–Crippen MR) is 78.2 cm³/mol. The van der Waals surface area contributed by atoms with Crippen molar-refractivity contribution < 1.29 is 9.26 Å². The van der Waals surface area contributed by atoms with Gasteiger partial charge in [-0.05, 0) is 36.8 Å². The zero-order valence-electron chi connectivity index (χ0n) is 11.2. The molecule has 2 saturated heterocycles. The van der Waals surface area contributed by atoms with Crippen LogP contribution < -0.4 is 0 Å². The molecule has 0 amide bonds. The standard InChI is InChI=1S/C15H13N3O2S/c1-2-12-10(6-9(1)19-12)15-17-14(18-20-15)8-5-13-11(16-7-8)3-4-21-13/h3-5,7,9-10,12H,1-2,6H2/t9-,10-,12+/m1/s1. The Balaban J connectivity index is 1.50. The van der Waals surface area contributed by atoms with Crippen molar-refractivity contribution >= 4 is 21.6 Å². The molecule has 3 aromatic heterocycles. The van der Waals surface area contributed by atoms with Gasteiger partial charge in [0, 0.05) is 11.8 Å². The fourth-order valence-corrected chi connectivity index (χ4v) is 4.15. The molecular formula is C15H13N3O2S. The predicted octanol–water partition coefficient (Wildman–Crippen LogP) is 3.38. The van der Waals surface area contributed by atoms with E-state index in [4.69, 9.17) is 9.26 Å². The highest BCUT2D eigenvalue weighted by Gasteiger charge is 2.44. The Bertz CT molecular complexity index is 812. The quantitative estimate of drug-likeness (QED) is 0.726. The van der Waals surface area contributed by atoms with Gasteiger partial charge in [0.2, 0.25) is 11.7 Å². The number of thiophene rings is 1. The maximum absolute atomic E-state index is 5.86. The maximum atomic E-state index is 5.86. The lowest BCUT2D eigenvalue weighted by Crippen LogP contribution is -2.14. The Hall–Kier alpha value is -1.79. The molecule has 2 aliphatic heterocycles. The van der Waals surface area contributed by atoms with Crippen molar-refractivity contribution in [2.75, 3.05) is 0 Å². The molecule has 0 radical (unpaired) electrons. The minimum atomic E-state index is 0.265. The van der Waals surface area contributed by atoms with Gasteiger partial charge >= 0.3 is 0 Å². The van der Waals surface area contributed by atoms with Crippen molar-refractivity contribution in [1.29, 1.82) is 0 Å². The number of hydrogen-bond donors (Lipinski definition) is 0. The van der Waals surface area contributed by atoms with E-state index in [9.17, 15) is 0 Å². The van der Waals surface area contributed by atoms with Gasteiger partial charge < -0.3 is 9.26 Å². The van der Waals surface area contributed by atoms with Gasteiger partial charge in [0.15, 0.2) is 0 Å². The number of aromatic nitrogens is 3. The van der Waals surface area contributed by atoms with Crippen LogP contribution in [0.15, 0.2) is 28.2 Å². The molecule has 5 nitrogen and oxygen atoms in total. The first-order valence-electron chi connectivity index (χ1n) is 7.19. The Morgan fingerprint density at radius 3 is 3.14 bits per heavy atom. The van der Waals surface area contributed by atoms with Crippen LogP contribution in [-0.2, 0) is 4.74 Å². The van der Waals surface area contributed by atoms with E-state index in [2.05, 4.69) is 21.2 Å². The molecule has 3 aromatic rings. The summed E-state index contributed by atoms with van der Waals surface area (Å²) in [6, 6.07) is 4.08. The molecule has 2 fully saturated rings. The highest BCUT2D eigenvalue weighted by atomic mass is 32.1. The Morgan fingerprint density at radius 1 is 1.29 bits per heavy atom. The third-order valence-electron chi connectivity index (χ3n) is 4.43. The summed E-state index contributed by atoms with van der Waals surface area (Å²) in [5, 5.41) is 6.17. The van der Waals surface area contributed by atoms with E-state index >= 15 is 0 Å². The molecule has 6 heteroatoms. The largest absolute Gasteiger partial charge is 0.374 e. The SMILES string of the molecule is c1cc2ncc(-c3noc([C@@H]4C[C@H]5CC[C@@H]4O5)n3)cc2s1. The minimum absolute atomic E-state index is 0.265. The second-order valence-corrected chi connectivity index (χ2v) is 6.65. The summed E-state index contributed by atoms with van der Waals surface area (Å²) >= 11 is 1.67. The monoisotopic (exact) mass is 299 g/mol. The number of nitrogens with zero attached hydrogens (tertiary/aromatic N) is 3. The van der Waals surface area contributed by atoms with E-state index in [-0.39, 0.29) is 12.0 Å². The molecule has 2 bridgehead atoms. The molecule has 21 heavy (non-hydrogen) atoms. The highest BCUT2D eigenvalue weighted by molar-refractivity contribution is 7.17. The number of hydrogen-bond acceptors (Lipinski definition) is 6. The van der Waals surface area contributed by atoms with Crippen LogP contribution in [-0.4, -0.2) is 27.3 Å². The Kier molecular flexibility index (Phi) is 2.45. The molecular weight excluding hydrogens is 286 g/mol. The van der Waals surface area contributed by atoms with E-state index < -0.39 is 0 Å². The summed E-state index contributed by atoms with van der Waals surface area (Å²) < 4.78 is 12.5. The number of pyridine rings is 1. The van der Waals surface area contributed by atoms with Crippen LogP contribution in [0.1, 0.15) is 31.1 Å². The zero-order valence-corrected chi connectivity index (χ0v) is 12.0. The van der Waals surface area contributed by atoms with Gasteiger partial charge in [-0.25, -0.2) is 0 Å². The first-order chi connectivity index (χ1) is 10.4.